The highest BCUT2D eigenvalue weighted by Crippen LogP contribution is 2.16. The molecule has 0 saturated heterocycles. The van der Waals surface area contributed by atoms with Crippen LogP contribution in [0.5, 0.6) is 5.75 Å². The first-order valence-electron chi connectivity index (χ1n) is 8.01. The molecule has 0 bridgehead atoms. The predicted octanol–water partition coefficient (Wildman–Crippen LogP) is 3.68. The molecule has 0 aliphatic carbocycles. The van der Waals surface area contributed by atoms with Crippen LogP contribution in [0, 0.1) is 0 Å². The lowest BCUT2D eigenvalue weighted by molar-refractivity contribution is 0.125. The van der Waals surface area contributed by atoms with Gasteiger partial charge in [-0.3, -0.25) is 4.90 Å². The summed E-state index contributed by atoms with van der Waals surface area (Å²) in [6, 6.07) is 8.89. The number of hydrogen-bond acceptors (Lipinski definition) is 3. The van der Waals surface area contributed by atoms with Crippen LogP contribution in [0.4, 0.5) is 0 Å². The summed E-state index contributed by atoms with van der Waals surface area (Å²) in [5.41, 5.74) is 1.52. The average molecular weight is 292 g/mol. The molecule has 1 N–H and O–H groups in total. The highest BCUT2D eigenvalue weighted by Gasteiger charge is 2.20. The fourth-order valence-corrected chi connectivity index (χ4v) is 1.90. The molecule has 0 radical (unpaired) electrons. The van der Waals surface area contributed by atoms with Gasteiger partial charge in [-0.1, -0.05) is 32.9 Å². The molecular formula is C18H32N2O. The maximum absolute atomic E-state index is 5.83. The lowest BCUT2D eigenvalue weighted by atomic mass is 10.0. The van der Waals surface area contributed by atoms with Gasteiger partial charge < -0.3 is 10.1 Å². The van der Waals surface area contributed by atoms with Gasteiger partial charge in [-0.25, -0.2) is 0 Å². The van der Waals surface area contributed by atoms with Gasteiger partial charge in [0, 0.05) is 24.7 Å². The van der Waals surface area contributed by atoms with E-state index in [0.29, 0.717) is 6.04 Å². The van der Waals surface area contributed by atoms with E-state index in [1.54, 1.807) is 0 Å². The van der Waals surface area contributed by atoms with Crippen LogP contribution in [-0.2, 0) is 6.54 Å². The zero-order chi connectivity index (χ0) is 15.9. The van der Waals surface area contributed by atoms with E-state index >= 15 is 0 Å². The monoisotopic (exact) mass is 292 g/mol. The second kappa shape index (κ2) is 8.40. The number of nitrogens with zero attached hydrogens (tertiary/aromatic N) is 1. The number of benzene rings is 1. The van der Waals surface area contributed by atoms with Gasteiger partial charge >= 0.3 is 0 Å². The molecule has 0 saturated carbocycles. The second-order valence-electron chi connectivity index (χ2n) is 6.62. The first-order chi connectivity index (χ1) is 9.85. The van der Waals surface area contributed by atoms with Gasteiger partial charge in [0.2, 0.25) is 0 Å². The third-order valence-corrected chi connectivity index (χ3v) is 4.23. The van der Waals surface area contributed by atoms with Crippen molar-refractivity contribution in [3.8, 4) is 5.75 Å². The number of rotatable bonds is 9. The molecule has 0 atom stereocenters. The molecular weight excluding hydrogens is 260 g/mol. The predicted molar refractivity (Wildman–Crippen MR) is 90.9 cm³/mol. The number of nitrogens with one attached hydrogen (secondary N) is 1. The molecule has 0 fully saturated rings. The number of ether oxygens (including phenoxy) is 1. The summed E-state index contributed by atoms with van der Waals surface area (Å²) in [7, 11) is 2.16. The quantitative estimate of drug-likeness (QED) is 0.751. The summed E-state index contributed by atoms with van der Waals surface area (Å²) in [5, 5.41) is 3.41. The van der Waals surface area contributed by atoms with Crippen LogP contribution in [-0.4, -0.2) is 36.7 Å². The standard InChI is InChI=1S/C18H32N2O/c1-7-18(4,5)20(6)12-13-21-17-10-8-16(9-11-17)14-19-15(2)3/h8-11,15,19H,7,12-14H2,1-6H3. The van der Waals surface area contributed by atoms with Crippen molar-refractivity contribution >= 4 is 0 Å². The third kappa shape index (κ3) is 6.49. The Hall–Kier alpha value is -1.06. The van der Waals surface area contributed by atoms with E-state index in [2.05, 4.69) is 76.1 Å². The molecule has 0 aliphatic rings. The zero-order valence-corrected chi connectivity index (χ0v) is 14.6. The van der Waals surface area contributed by atoms with Crippen LogP contribution in [0.3, 0.4) is 0 Å². The molecule has 21 heavy (non-hydrogen) atoms. The molecule has 0 amide bonds. The number of hydrogen-bond donors (Lipinski definition) is 1. The Morgan fingerprint density at radius 2 is 1.81 bits per heavy atom. The summed E-state index contributed by atoms with van der Waals surface area (Å²) in [5.74, 6) is 0.950. The topological polar surface area (TPSA) is 24.5 Å². The Bertz CT molecular complexity index is 398. The van der Waals surface area contributed by atoms with Crippen LogP contribution in [0.2, 0.25) is 0 Å². The largest absolute Gasteiger partial charge is 0.492 e. The van der Waals surface area contributed by atoms with Gasteiger partial charge in [0.15, 0.2) is 0 Å². The van der Waals surface area contributed by atoms with E-state index in [-0.39, 0.29) is 5.54 Å². The van der Waals surface area contributed by atoms with Crippen LogP contribution in [0.1, 0.15) is 46.6 Å². The first kappa shape index (κ1) is 18.0. The van der Waals surface area contributed by atoms with E-state index in [0.717, 1.165) is 31.9 Å². The first-order valence-corrected chi connectivity index (χ1v) is 8.01. The Kier molecular flexibility index (Phi) is 7.20. The van der Waals surface area contributed by atoms with Crippen LogP contribution >= 0.6 is 0 Å². The molecule has 0 unspecified atom stereocenters. The van der Waals surface area contributed by atoms with E-state index in [1.807, 2.05) is 0 Å². The molecule has 120 valence electrons. The molecule has 3 heteroatoms. The van der Waals surface area contributed by atoms with Gasteiger partial charge in [-0.15, -0.1) is 0 Å². The Balaban J connectivity index is 2.36. The second-order valence-corrected chi connectivity index (χ2v) is 6.62. The summed E-state index contributed by atoms with van der Waals surface area (Å²) < 4.78 is 5.83. The SMILES string of the molecule is CCC(C)(C)N(C)CCOc1ccc(CNC(C)C)cc1. The van der Waals surface area contributed by atoms with Gasteiger partial charge in [0.05, 0.1) is 0 Å². The van der Waals surface area contributed by atoms with Crippen LogP contribution in [0.15, 0.2) is 24.3 Å². The summed E-state index contributed by atoms with van der Waals surface area (Å²) in [4.78, 5) is 2.36. The van der Waals surface area contributed by atoms with E-state index in [1.165, 1.54) is 5.56 Å². The minimum atomic E-state index is 0.232. The van der Waals surface area contributed by atoms with E-state index in [4.69, 9.17) is 4.74 Å². The van der Waals surface area contributed by atoms with Crippen LogP contribution < -0.4 is 10.1 Å². The summed E-state index contributed by atoms with van der Waals surface area (Å²) in [6.07, 6.45) is 1.14. The van der Waals surface area contributed by atoms with Gasteiger partial charge in [0.1, 0.15) is 12.4 Å². The normalized spacial score (nSPS) is 12.2. The maximum atomic E-state index is 5.83. The van der Waals surface area contributed by atoms with Crippen LogP contribution in [0.25, 0.3) is 0 Å². The molecule has 1 aromatic rings. The van der Waals surface area contributed by atoms with Crippen molar-refractivity contribution in [2.75, 3.05) is 20.2 Å². The van der Waals surface area contributed by atoms with Crippen molar-refractivity contribution in [1.82, 2.24) is 10.2 Å². The summed E-state index contributed by atoms with van der Waals surface area (Å²) in [6.45, 7) is 13.7. The molecule has 0 heterocycles. The van der Waals surface area contributed by atoms with E-state index in [9.17, 15) is 0 Å². The highest BCUT2D eigenvalue weighted by molar-refractivity contribution is 5.27. The zero-order valence-electron chi connectivity index (χ0n) is 14.6. The molecule has 0 spiro atoms. The van der Waals surface area contributed by atoms with Gasteiger partial charge in [0.25, 0.3) is 0 Å². The van der Waals surface area contributed by atoms with Crippen molar-refractivity contribution in [3.63, 3.8) is 0 Å². The molecule has 0 aliphatic heterocycles. The minimum absolute atomic E-state index is 0.232. The average Bonchev–Trinajstić information content (AvgIpc) is 2.46. The van der Waals surface area contributed by atoms with Crippen molar-refractivity contribution in [2.24, 2.45) is 0 Å². The molecule has 3 nitrogen and oxygen atoms in total. The minimum Gasteiger partial charge on any atom is -0.492 e. The smallest absolute Gasteiger partial charge is 0.119 e. The molecule has 0 aromatic heterocycles. The third-order valence-electron chi connectivity index (χ3n) is 4.23. The van der Waals surface area contributed by atoms with Crippen molar-refractivity contribution in [2.45, 2.75) is 59.2 Å². The van der Waals surface area contributed by atoms with E-state index < -0.39 is 0 Å². The fourth-order valence-electron chi connectivity index (χ4n) is 1.90. The van der Waals surface area contributed by atoms with Crippen molar-refractivity contribution < 1.29 is 4.74 Å². The Morgan fingerprint density at radius 1 is 1.19 bits per heavy atom. The lowest BCUT2D eigenvalue weighted by Gasteiger charge is -2.34. The van der Waals surface area contributed by atoms with Gasteiger partial charge in [-0.2, -0.15) is 0 Å². The van der Waals surface area contributed by atoms with Gasteiger partial charge in [-0.05, 0) is 45.0 Å². The Labute approximate surface area is 130 Å². The van der Waals surface area contributed by atoms with Crippen molar-refractivity contribution in [1.29, 1.82) is 0 Å². The van der Waals surface area contributed by atoms with Crippen molar-refractivity contribution in [3.05, 3.63) is 29.8 Å². The molecule has 1 rings (SSSR count). The lowest BCUT2D eigenvalue weighted by Crippen LogP contribution is -2.42. The highest BCUT2D eigenvalue weighted by atomic mass is 16.5. The fraction of sp³-hybridized carbons (Fsp3) is 0.667. The maximum Gasteiger partial charge on any atom is 0.119 e. The molecule has 1 aromatic carbocycles. The Morgan fingerprint density at radius 3 is 2.33 bits per heavy atom. The number of likely N-dealkylation sites (N-methyl/N-ethyl adjacent to an activating group) is 1. The summed E-state index contributed by atoms with van der Waals surface area (Å²) >= 11 is 0.